The molecule has 24 heavy (non-hydrogen) atoms. The highest BCUT2D eigenvalue weighted by Gasteiger charge is 2.46. The van der Waals surface area contributed by atoms with Gasteiger partial charge in [-0.2, -0.15) is 0 Å². The van der Waals surface area contributed by atoms with Crippen LogP contribution in [0.3, 0.4) is 0 Å². The number of nitrogens with one attached hydrogen (secondary N) is 1. The Morgan fingerprint density at radius 2 is 1.83 bits per heavy atom. The number of rotatable bonds is 4. The Balaban J connectivity index is 1.58. The average molecular weight is 347 g/mol. The Morgan fingerprint density at radius 1 is 1.21 bits per heavy atom. The first-order valence-electron chi connectivity index (χ1n) is 8.03. The molecular weight excluding hydrogens is 328 g/mol. The van der Waals surface area contributed by atoms with Crippen LogP contribution in [-0.4, -0.2) is 29.2 Å². The fraction of sp³-hybridized carbons (Fsp3) is 0.389. The van der Waals surface area contributed by atoms with Crippen molar-refractivity contribution in [2.45, 2.75) is 26.2 Å². The van der Waals surface area contributed by atoms with E-state index in [1.165, 1.54) is 4.90 Å². The maximum atomic E-state index is 12.3. The third kappa shape index (κ3) is 3.22. The van der Waals surface area contributed by atoms with Gasteiger partial charge in [0.05, 0.1) is 11.8 Å². The number of fused-ring (bicyclic) bond motifs is 1. The summed E-state index contributed by atoms with van der Waals surface area (Å²) in [6.07, 6.45) is 5.22. The van der Waals surface area contributed by atoms with E-state index in [4.69, 9.17) is 11.6 Å². The first kappa shape index (κ1) is 16.7. The average Bonchev–Trinajstić information content (AvgIpc) is 2.80. The van der Waals surface area contributed by atoms with Gasteiger partial charge in [-0.1, -0.05) is 23.8 Å². The van der Waals surface area contributed by atoms with Gasteiger partial charge < -0.3 is 5.32 Å². The van der Waals surface area contributed by atoms with Crippen LogP contribution in [0.4, 0.5) is 5.69 Å². The van der Waals surface area contributed by atoms with E-state index in [0.717, 1.165) is 5.56 Å². The second-order valence-corrected chi connectivity index (χ2v) is 6.68. The zero-order valence-corrected chi connectivity index (χ0v) is 14.2. The molecule has 1 aromatic rings. The van der Waals surface area contributed by atoms with Gasteiger partial charge in [-0.3, -0.25) is 19.3 Å². The summed E-state index contributed by atoms with van der Waals surface area (Å²) in [4.78, 5) is 38.0. The van der Waals surface area contributed by atoms with Crippen LogP contribution in [0.2, 0.25) is 5.02 Å². The Kier molecular flexibility index (Phi) is 4.71. The molecular formula is C18H19ClN2O3. The monoisotopic (exact) mass is 346 g/mol. The molecule has 3 rings (SSSR count). The van der Waals surface area contributed by atoms with E-state index in [0.29, 0.717) is 23.6 Å². The lowest BCUT2D eigenvalue weighted by atomic mass is 9.85. The zero-order valence-electron chi connectivity index (χ0n) is 13.4. The van der Waals surface area contributed by atoms with Gasteiger partial charge in [-0.25, -0.2) is 0 Å². The summed E-state index contributed by atoms with van der Waals surface area (Å²) in [6, 6.07) is 5.21. The van der Waals surface area contributed by atoms with Crippen LogP contribution in [0.15, 0.2) is 30.4 Å². The quantitative estimate of drug-likeness (QED) is 0.673. The third-order valence-electron chi connectivity index (χ3n) is 4.62. The van der Waals surface area contributed by atoms with E-state index < -0.39 is 0 Å². The molecule has 1 fully saturated rings. The van der Waals surface area contributed by atoms with Crippen LogP contribution in [0, 0.1) is 18.8 Å². The van der Waals surface area contributed by atoms with Crippen molar-refractivity contribution in [1.82, 2.24) is 4.90 Å². The summed E-state index contributed by atoms with van der Waals surface area (Å²) >= 11 is 5.89. The standard InChI is InChI=1S/C18H19ClN2O3/c1-11-10-12(19)6-7-15(11)20-16(22)8-9-21-17(23)13-4-2-3-5-14(13)18(21)24/h2-3,6-7,10,13-14H,4-5,8-9H2,1H3,(H,20,22)/t13-,14-/m1/s1. The number of imide groups is 1. The van der Waals surface area contributed by atoms with Gasteiger partial charge in [0.15, 0.2) is 0 Å². The predicted molar refractivity (Wildman–Crippen MR) is 91.5 cm³/mol. The molecule has 0 unspecified atom stereocenters. The van der Waals surface area contributed by atoms with Crippen molar-refractivity contribution in [3.63, 3.8) is 0 Å². The second kappa shape index (κ2) is 6.77. The van der Waals surface area contributed by atoms with E-state index in [2.05, 4.69) is 5.32 Å². The lowest BCUT2D eigenvalue weighted by Gasteiger charge is -2.15. The Labute approximate surface area is 145 Å². The van der Waals surface area contributed by atoms with Gasteiger partial charge in [0, 0.05) is 23.7 Å². The number of likely N-dealkylation sites (tertiary alicyclic amines) is 1. The molecule has 1 aliphatic carbocycles. The van der Waals surface area contributed by atoms with Crippen molar-refractivity contribution in [3.8, 4) is 0 Å². The molecule has 0 bridgehead atoms. The van der Waals surface area contributed by atoms with Crippen molar-refractivity contribution < 1.29 is 14.4 Å². The molecule has 2 aliphatic rings. The number of allylic oxidation sites excluding steroid dienone is 2. The first-order valence-corrected chi connectivity index (χ1v) is 8.41. The molecule has 1 saturated heterocycles. The lowest BCUT2D eigenvalue weighted by Crippen LogP contribution is -2.34. The maximum Gasteiger partial charge on any atom is 0.233 e. The molecule has 1 N–H and O–H groups in total. The van der Waals surface area contributed by atoms with Crippen LogP contribution < -0.4 is 5.32 Å². The normalized spacial score (nSPS) is 22.7. The summed E-state index contributed by atoms with van der Waals surface area (Å²) in [6.45, 7) is 1.98. The van der Waals surface area contributed by atoms with E-state index in [1.54, 1.807) is 18.2 Å². The zero-order chi connectivity index (χ0) is 17.3. The molecule has 0 aromatic heterocycles. The number of carbonyl (C=O) groups excluding carboxylic acids is 3. The molecule has 126 valence electrons. The van der Waals surface area contributed by atoms with Crippen LogP contribution in [0.1, 0.15) is 24.8 Å². The minimum atomic E-state index is -0.246. The molecule has 2 atom stereocenters. The Bertz CT molecular complexity index is 703. The number of halogens is 1. The molecule has 0 spiro atoms. The van der Waals surface area contributed by atoms with Gasteiger partial charge in [-0.15, -0.1) is 0 Å². The molecule has 1 aliphatic heterocycles. The SMILES string of the molecule is Cc1cc(Cl)ccc1NC(=O)CCN1C(=O)[C@@H]2CC=CC[C@H]2C1=O. The lowest BCUT2D eigenvalue weighted by molar-refractivity contribution is -0.140. The number of anilines is 1. The highest BCUT2D eigenvalue weighted by atomic mass is 35.5. The minimum Gasteiger partial charge on any atom is -0.326 e. The second-order valence-electron chi connectivity index (χ2n) is 6.24. The molecule has 5 nitrogen and oxygen atoms in total. The van der Waals surface area contributed by atoms with Crippen LogP contribution in [-0.2, 0) is 14.4 Å². The number of carbonyl (C=O) groups is 3. The first-order chi connectivity index (χ1) is 11.5. The van der Waals surface area contributed by atoms with Crippen molar-refractivity contribution in [2.24, 2.45) is 11.8 Å². The van der Waals surface area contributed by atoms with Gasteiger partial charge in [0.1, 0.15) is 0 Å². The van der Waals surface area contributed by atoms with Crippen molar-refractivity contribution in [2.75, 3.05) is 11.9 Å². The molecule has 3 amide bonds. The van der Waals surface area contributed by atoms with Crippen LogP contribution in [0.25, 0.3) is 0 Å². The third-order valence-corrected chi connectivity index (χ3v) is 4.86. The highest BCUT2D eigenvalue weighted by Crippen LogP contribution is 2.35. The number of benzene rings is 1. The molecule has 0 radical (unpaired) electrons. The van der Waals surface area contributed by atoms with Gasteiger partial charge in [-0.05, 0) is 43.5 Å². The smallest absolute Gasteiger partial charge is 0.233 e. The van der Waals surface area contributed by atoms with Crippen molar-refractivity contribution in [3.05, 3.63) is 40.9 Å². The topological polar surface area (TPSA) is 66.5 Å². The number of amides is 3. The highest BCUT2D eigenvalue weighted by molar-refractivity contribution is 6.30. The van der Waals surface area contributed by atoms with Gasteiger partial charge in [0.2, 0.25) is 17.7 Å². The number of hydrogen-bond donors (Lipinski definition) is 1. The summed E-state index contributed by atoms with van der Waals surface area (Å²) in [7, 11) is 0. The Morgan fingerprint density at radius 3 is 2.42 bits per heavy atom. The summed E-state index contributed by atoms with van der Waals surface area (Å²) in [5.74, 6) is -1.02. The molecule has 0 saturated carbocycles. The summed E-state index contributed by atoms with van der Waals surface area (Å²) in [5.41, 5.74) is 1.54. The molecule has 1 aromatic carbocycles. The van der Waals surface area contributed by atoms with Crippen LogP contribution in [0.5, 0.6) is 0 Å². The molecule has 6 heteroatoms. The largest absolute Gasteiger partial charge is 0.326 e. The van der Waals surface area contributed by atoms with Crippen molar-refractivity contribution in [1.29, 1.82) is 0 Å². The van der Waals surface area contributed by atoms with Crippen molar-refractivity contribution >= 4 is 35.0 Å². The van der Waals surface area contributed by atoms with E-state index in [9.17, 15) is 14.4 Å². The fourth-order valence-corrected chi connectivity index (χ4v) is 3.51. The minimum absolute atomic E-state index is 0.0897. The molecule has 1 heterocycles. The van der Waals surface area contributed by atoms with Gasteiger partial charge in [0.25, 0.3) is 0 Å². The maximum absolute atomic E-state index is 12.3. The summed E-state index contributed by atoms with van der Waals surface area (Å²) < 4.78 is 0. The summed E-state index contributed by atoms with van der Waals surface area (Å²) in [5, 5.41) is 3.40. The number of hydrogen-bond acceptors (Lipinski definition) is 3. The fourth-order valence-electron chi connectivity index (χ4n) is 3.28. The Hall–Kier alpha value is -2.14. The van der Waals surface area contributed by atoms with E-state index in [1.807, 2.05) is 19.1 Å². The van der Waals surface area contributed by atoms with Crippen LogP contribution >= 0.6 is 11.6 Å². The van der Waals surface area contributed by atoms with E-state index >= 15 is 0 Å². The van der Waals surface area contributed by atoms with Gasteiger partial charge >= 0.3 is 0 Å². The predicted octanol–water partition coefficient (Wildman–Crippen LogP) is 2.93. The van der Waals surface area contributed by atoms with E-state index in [-0.39, 0.29) is 42.5 Å². The number of aryl methyl sites for hydroxylation is 1. The number of nitrogens with zero attached hydrogens (tertiary/aromatic N) is 1.